The minimum absolute atomic E-state index is 0.00882. The van der Waals surface area contributed by atoms with Crippen molar-refractivity contribution in [3.05, 3.63) is 0 Å². The Bertz CT molecular complexity index is 446. The van der Waals surface area contributed by atoms with Crippen LogP contribution in [0.2, 0.25) is 0 Å². The second-order valence-corrected chi connectivity index (χ2v) is 7.86. The minimum atomic E-state index is -3.21. The Labute approximate surface area is 127 Å². The fourth-order valence-electron chi connectivity index (χ4n) is 3.09. The number of carbonyl (C=O) groups is 1. The Kier molecular flexibility index (Phi) is 6.01. The van der Waals surface area contributed by atoms with Crippen LogP contribution in [0.5, 0.6) is 0 Å². The van der Waals surface area contributed by atoms with Gasteiger partial charge in [-0.15, -0.1) is 0 Å². The summed E-state index contributed by atoms with van der Waals surface area (Å²) in [6.45, 7) is 1.87. The first-order valence-corrected chi connectivity index (χ1v) is 9.70. The molecule has 122 valence electrons. The van der Waals surface area contributed by atoms with Gasteiger partial charge in [0.05, 0.1) is 12.4 Å². The second kappa shape index (κ2) is 7.56. The summed E-state index contributed by atoms with van der Waals surface area (Å²) in [7, 11) is -3.21. The summed E-state index contributed by atoms with van der Waals surface area (Å²) in [5.41, 5.74) is 0. The van der Waals surface area contributed by atoms with E-state index in [-0.39, 0.29) is 18.1 Å². The third-order valence-electron chi connectivity index (χ3n) is 4.23. The van der Waals surface area contributed by atoms with E-state index < -0.39 is 10.0 Å². The number of sulfonamides is 1. The lowest BCUT2D eigenvalue weighted by molar-refractivity contribution is -0.135. The number of hydrogen-bond acceptors (Lipinski definition) is 4. The number of rotatable bonds is 6. The molecule has 2 heterocycles. The van der Waals surface area contributed by atoms with Crippen molar-refractivity contribution in [3.63, 3.8) is 0 Å². The third kappa shape index (κ3) is 5.56. The molecule has 21 heavy (non-hydrogen) atoms. The first-order chi connectivity index (χ1) is 9.96. The average molecular weight is 318 g/mol. The van der Waals surface area contributed by atoms with E-state index in [9.17, 15) is 13.2 Å². The molecule has 0 aromatic heterocycles. The number of carbonyl (C=O) groups excluding carboxylic acids is 1. The number of ether oxygens (including phenoxy) is 1. The van der Waals surface area contributed by atoms with Gasteiger partial charge in [0, 0.05) is 32.2 Å². The van der Waals surface area contributed by atoms with Crippen molar-refractivity contribution in [2.75, 3.05) is 26.0 Å². The molecular weight excluding hydrogens is 292 g/mol. The highest BCUT2D eigenvalue weighted by Gasteiger charge is 2.28. The molecule has 2 atom stereocenters. The molecule has 2 aliphatic rings. The summed E-state index contributed by atoms with van der Waals surface area (Å²) in [4.78, 5) is 14.2. The molecule has 0 aliphatic carbocycles. The molecule has 2 rings (SSSR count). The summed E-state index contributed by atoms with van der Waals surface area (Å²) >= 11 is 0. The van der Waals surface area contributed by atoms with Gasteiger partial charge in [0.1, 0.15) is 0 Å². The Morgan fingerprint density at radius 1 is 1.29 bits per heavy atom. The highest BCUT2D eigenvalue weighted by Crippen LogP contribution is 2.21. The SMILES string of the molecule is CS(=O)(=O)NC[C@@H]1CCCCN1C(=O)CC[C@H]1CCCO1. The van der Waals surface area contributed by atoms with Gasteiger partial charge in [-0.3, -0.25) is 4.79 Å². The van der Waals surface area contributed by atoms with Gasteiger partial charge in [-0.1, -0.05) is 0 Å². The lowest BCUT2D eigenvalue weighted by Crippen LogP contribution is -2.49. The van der Waals surface area contributed by atoms with E-state index in [4.69, 9.17) is 4.74 Å². The molecule has 1 amide bonds. The molecule has 0 unspecified atom stereocenters. The van der Waals surface area contributed by atoms with E-state index in [1.165, 1.54) is 0 Å². The normalized spacial score (nSPS) is 27.0. The molecule has 6 nitrogen and oxygen atoms in total. The van der Waals surface area contributed by atoms with Gasteiger partial charge in [0.25, 0.3) is 0 Å². The molecule has 0 saturated carbocycles. The van der Waals surface area contributed by atoms with Crippen molar-refractivity contribution in [1.82, 2.24) is 9.62 Å². The molecule has 2 saturated heterocycles. The zero-order valence-electron chi connectivity index (χ0n) is 12.7. The van der Waals surface area contributed by atoms with Gasteiger partial charge < -0.3 is 9.64 Å². The molecule has 0 aromatic carbocycles. The van der Waals surface area contributed by atoms with Gasteiger partial charge in [0.15, 0.2) is 0 Å². The fourth-order valence-corrected chi connectivity index (χ4v) is 3.58. The van der Waals surface area contributed by atoms with Gasteiger partial charge >= 0.3 is 0 Å². The van der Waals surface area contributed by atoms with Crippen LogP contribution in [0.25, 0.3) is 0 Å². The van der Waals surface area contributed by atoms with E-state index in [1.54, 1.807) is 0 Å². The number of hydrogen-bond donors (Lipinski definition) is 1. The van der Waals surface area contributed by atoms with Crippen LogP contribution >= 0.6 is 0 Å². The Balaban J connectivity index is 1.83. The zero-order chi connectivity index (χ0) is 15.3. The molecule has 1 N–H and O–H groups in total. The molecule has 0 radical (unpaired) electrons. The first-order valence-electron chi connectivity index (χ1n) is 7.81. The van der Waals surface area contributed by atoms with Crippen LogP contribution in [0.3, 0.4) is 0 Å². The topological polar surface area (TPSA) is 75.7 Å². The summed E-state index contributed by atoms with van der Waals surface area (Å²) in [6, 6.07) is -0.00882. The molecule has 0 bridgehead atoms. The number of amides is 1. The van der Waals surface area contributed by atoms with Crippen LogP contribution in [0.4, 0.5) is 0 Å². The Hall–Kier alpha value is -0.660. The fraction of sp³-hybridized carbons (Fsp3) is 0.929. The summed E-state index contributed by atoms with van der Waals surface area (Å²) in [5, 5.41) is 0. The lowest BCUT2D eigenvalue weighted by Gasteiger charge is -2.36. The van der Waals surface area contributed by atoms with Crippen molar-refractivity contribution in [2.24, 2.45) is 0 Å². The summed E-state index contributed by atoms with van der Waals surface area (Å²) in [5.74, 6) is 0.130. The molecular formula is C14H26N2O4S. The number of likely N-dealkylation sites (tertiary alicyclic amines) is 1. The molecule has 2 fully saturated rings. The predicted octanol–water partition coefficient (Wildman–Crippen LogP) is 0.876. The Morgan fingerprint density at radius 2 is 2.10 bits per heavy atom. The van der Waals surface area contributed by atoms with Gasteiger partial charge in [-0.05, 0) is 38.5 Å². The maximum atomic E-state index is 12.4. The van der Waals surface area contributed by atoms with E-state index in [2.05, 4.69) is 4.72 Å². The summed E-state index contributed by atoms with van der Waals surface area (Å²) < 4.78 is 30.5. The van der Waals surface area contributed by atoms with Crippen molar-refractivity contribution in [2.45, 2.75) is 57.1 Å². The van der Waals surface area contributed by atoms with Crippen molar-refractivity contribution < 1.29 is 17.9 Å². The van der Waals surface area contributed by atoms with Crippen LogP contribution in [0, 0.1) is 0 Å². The predicted molar refractivity (Wildman–Crippen MR) is 80.4 cm³/mol. The third-order valence-corrected chi connectivity index (χ3v) is 4.92. The maximum Gasteiger partial charge on any atom is 0.222 e. The lowest BCUT2D eigenvalue weighted by atomic mass is 10.0. The van der Waals surface area contributed by atoms with Crippen LogP contribution in [-0.2, 0) is 19.6 Å². The number of nitrogens with one attached hydrogen (secondary N) is 1. The van der Waals surface area contributed by atoms with E-state index in [0.717, 1.165) is 57.9 Å². The first kappa shape index (κ1) is 16.7. The molecule has 0 aromatic rings. The van der Waals surface area contributed by atoms with Crippen LogP contribution in [0.15, 0.2) is 0 Å². The minimum Gasteiger partial charge on any atom is -0.378 e. The quantitative estimate of drug-likeness (QED) is 0.789. The van der Waals surface area contributed by atoms with Crippen molar-refractivity contribution in [1.29, 1.82) is 0 Å². The van der Waals surface area contributed by atoms with Crippen molar-refractivity contribution >= 4 is 15.9 Å². The van der Waals surface area contributed by atoms with Gasteiger partial charge in [0.2, 0.25) is 15.9 Å². The number of piperidine rings is 1. The van der Waals surface area contributed by atoms with Crippen LogP contribution in [-0.4, -0.2) is 57.3 Å². The molecule has 2 aliphatic heterocycles. The zero-order valence-corrected chi connectivity index (χ0v) is 13.5. The van der Waals surface area contributed by atoms with Gasteiger partial charge in [-0.25, -0.2) is 13.1 Å². The van der Waals surface area contributed by atoms with Crippen molar-refractivity contribution in [3.8, 4) is 0 Å². The van der Waals surface area contributed by atoms with E-state index in [1.807, 2.05) is 4.90 Å². The van der Waals surface area contributed by atoms with Crippen LogP contribution < -0.4 is 4.72 Å². The monoisotopic (exact) mass is 318 g/mol. The Morgan fingerprint density at radius 3 is 2.76 bits per heavy atom. The maximum absolute atomic E-state index is 12.4. The standard InChI is InChI=1S/C14H26N2O4S/c1-21(18,19)15-11-12-5-2-3-9-16(12)14(17)8-7-13-6-4-10-20-13/h12-13,15H,2-11H2,1H3/t12-,13+/m0/s1. The molecule has 7 heteroatoms. The van der Waals surface area contributed by atoms with Crippen LogP contribution in [0.1, 0.15) is 44.9 Å². The molecule has 0 spiro atoms. The van der Waals surface area contributed by atoms with E-state index >= 15 is 0 Å². The average Bonchev–Trinajstić information content (AvgIpc) is 2.95. The largest absolute Gasteiger partial charge is 0.378 e. The highest BCUT2D eigenvalue weighted by atomic mass is 32.2. The second-order valence-electron chi connectivity index (χ2n) is 6.03. The number of nitrogens with zero attached hydrogens (tertiary/aromatic N) is 1. The van der Waals surface area contributed by atoms with E-state index in [0.29, 0.717) is 13.0 Å². The summed E-state index contributed by atoms with van der Waals surface area (Å²) in [6.07, 6.45) is 7.71. The van der Waals surface area contributed by atoms with Gasteiger partial charge in [-0.2, -0.15) is 0 Å². The smallest absolute Gasteiger partial charge is 0.222 e. The highest BCUT2D eigenvalue weighted by molar-refractivity contribution is 7.88.